The highest BCUT2D eigenvalue weighted by Crippen LogP contribution is 2.40. The number of carbonyl (C=O) groups is 1. The molecule has 21 heavy (non-hydrogen) atoms. The topological polar surface area (TPSA) is 72.9 Å². The number of likely N-dealkylation sites (tertiary alicyclic amines) is 1. The minimum absolute atomic E-state index is 0.00284. The van der Waals surface area contributed by atoms with Crippen molar-refractivity contribution in [3.8, 4) is 0 Å². The summed E-state index contributed by atoms with van der Waals surface area (Å²) in [4.78, 5) is 13.8. The van der Waals surface area contributed by atoms with E-state index in [4.69, 9.17) is 8.92 Å². The molecular formula is C14H25NO5S. The van der Waals surface area contributed by atoms with Crippen LogP contribution in [0.25, 0.3) is 0 Å². The van der Waals surface area contributed by atoms with Crippen LogP contribution in [0.1, 0.15) is 40.5 Å². The lowest BCUT2D eigenvalue weighted by Gasteiger charge is -2.25. The molecule has 0 N–H and O–H groups in total. The molecule has 0 aromatic carbocycles. The Morgan fingerprint density at radius 1 is 1.19 bits per heavy atom. The molecule has 1 unspecified atom stereocenters. The van der Waals surface area contributed by atoms with Crippen molar-refractivity contribution in [1.82, 2.24) is 4.90 Å². The predicted octanol–water partition coefficient (Wildman–Crippen LogP) is 2.00. The molecule has 1 heterocycles. The van der Waals surface area contributed by atoms with E-state index in [9.17, 15) is 13.2 Å². The molecule has 0 aromatic rings. The molecule has 7 heteroatoms. The summed E-state index contributed by atoms with van der Waals surface area (Å²) in [5.41, 5.74) is -0.490. The lowest BCUT2D eigenvalue weighted by atomic mass is 10.0. The number of rotatable bonds is 3. The molecule has 6 nitrogen and oxygen atoms in total. The molecule has 122 valence electrons. The molecule has 1 saturated heterocycles. The summed E-state index contributed by atoms with van der Waals surface area (Å²) >= 11 is 0. The summed E-state index contributed by atoms with van der Waals surface area (Å²) in [6.07, 6.45) is 0.883. The zero-order valence-corrected chi connectivity index (χ0v) is 14.0. The van der Waals surface area contributed by atoms with Crippen LogP contribution in [0.3, 0.4) is 0 Å². The number of nitrogens with zero attached hydrogens (tertiary/aromatic N) is 1. The van der Waals surface area contributed by atoms with E-state index in [0.29, 0.717) is 37.8 Å². The van der Waals surface area contributed by atoms with Gasteiger partial charge in [0.25, 0.3) is 10.1 Å². The van der Waals surface area contributed by atoms with Gasteiger partial charge in [0.1, 0.15) is 5.60 Å². The molecule has 1 aliphatic heterocycles. The van der Waals surface area contributed by atoms with Gasteiger partial charge in [-0.15, -0.1) is 0 Å². The van der Waals surface area contributed by atoms with E-state index < -0.39 is 15.7 Å². The number of carbonyl (C=O) groups excluding carboxylic acids is 1. The van der Waals surface area contributed by atoms with Crippen LogP contribution in [0.2, 0.25) is 0 Å². The van der Waals surface area contributed by atoms with Gasteiger partial charge >= 0.3 is 6.09 Å². The van der Waals surface area contributed by atoms with Crippen LogP contribution in [0.15, 0.2) is 0 Å². The van der Waals surface area contributed by atoms with Crippen molar-refractivity contribution in [2.45, 2.75) is 52.2 Å². The minimum atomic E-state index is -3.39. The van der Waals surface area contributed by atoms with Crippen molar-refractivity contribution in [1.29, 1.82) is 0 Å². The number of amides is 1. The lowest BCUT2D eigenvalue weighted by Crippen LogP contribution is -2.36. The number of ether oxygens (including phenoxy) is 1. The van der Waals surface area contributed by atoms with E-state index in [-0.39, 0.29) is 18.0 Å². The summed E-state index contributed by atoms with van der Waals surface area (Å²) in [5, 5.41) is 0. The second-order valence-corrected chi connectivity index (χ2v) is 8.83. The Morgan fingerprint density at radius 2 is 1.71 bits per heavy atom. The third-order valence-corrected chi connectivity index (χ3v) is 5.27. The molecule has 2 aliphatic rings. The van der Waals surface area contributed by atoms with Gasteiger partial charge in [-0.1, -0.05) is 0 Å². The van der Waals surface area contributed by atoms with Crippen LogP contribution < -0.4 is 0 Å². The van der Waals surface area contributed by atoms with Crippen molar-refractivity contribution >= 4 is 16.2 Å². The molecule has 1 amide bonds. The van der Waals surface area contributed by atoms with Crippen molar-refractivity contribution in [2.24, 2.45) is 11.8 Å². The zero-order chi connectivity index (χ0) is 15.8. The Kier molecular flexibility index (Phi) is 4.54. The van der Waals surface area contributed by atoms with Crippen LogP contribution in [0.5, 0.6) is 0 Å². The van der Waals surface area contributed by atoms with Gasteiger partial charge in [-0.3, -0.25) is 4.18 Å². The van der Waals surface area contributed by atoms with E-state index in [0.717, 1.165) is 0 Å². The summed E-state index contributed by atoms with van der Waals surface area (Å²) in [7, 11) is -3.39. The summed E-state index contributed by atoms with van der Waals surface area (Å²) < 4.78 is 33.6. The normalized spacial score (nSPS) is 29.5. The zero-order valence-electron chi connectivity index (χ0n) is 13.2. The molecular weight excluding hydrogens is 294 g/mol. The third kappa shape index (κ3) is 4.32. The minimum Gasteiger partial charge on any atom is -0.444 e. The van der Waals surface area contributed by atoms with Crippen LogP contribution in [0.4, 0.5) is 4.79 Å². The molecule has 2 fully saturated rings. The van der Waals surface area contributed by atoms with Gasteiger partial charge in [0.2, 0.25) is 0 Å². The number of hydrogen-bond acceptors (Lipinski definition) is 5. The van der Waals surface area contributed by atoms with Gasteiger partial charge < -0.3 is 9.64 Å². The first kappa shape index (κ1) is 16.5. The van der Waals surface area contributed by atoms with E-state index in [1.807, 2.05) is 20.8 Å². The molecule has 0 spiro atoms. The lowest BCUT2D eigenvalue weighted by molar-refractivity contribution is 0.0272. The summed E-state index contributed by atoms with van der Waals surface area (Å²) in [6.45, 7) is 8.39. The SMILES string of the molecule is CCS(=O)(=O)OC1C[C@@H]2CN(C(=O)OC(C)(C)C)C[C@@H]2C1. The highest BCUT2D eigenvalue weighted by molar-refractivity contribution is 7.86. The second-order valence-electron chi connectivity index (χ2n) is 6.94. The monoisotopic (exact) mass is 319 g/mol. The number of fused-ring (bicyclic) bond motifs is 1. The average molecular weight is 319 g/mol. The quantitative estimate of drug-likeness (QED) is 0.744. The Balaban J connectivity index is 1.86. The van der Waals surface area contributed by atoms with Gasteiger partial charge in [-0.2, -0.15) is 8.42 Å². The highest BCUT2D eigenvalue weighted by atomic mass is 32.2. The van der Waals surface area contributed by atoms with Crippen LogP contribution >= 0.6 is 0 Å². The van der Waals surface area contributed by atoms with E-state index in [1.54, 1.807) is 11.8 Å². The third-order valence-electron chi connectivity index (χ3n) is 4.00. The average Bonchev–Trinajstić information content (AvgIpc) is 2.83. The Bertz CT molecular complexity index is 482. The predicted molar refractivity (Wildman–Crippen MR) is 78.4 cm³/mol. The van der Waals surface area contributed by atoms with E-state index >= 15 is 0 Å². The smallest absolute Gasteiger partial charge is 0.410 e. The first-order chi connectivity index (χ1) is 9.59. The standard InChI is InChI=1S/C14H25NO5S/c1-5-21(17,18)20-12-6-10-8-15(9-11(10)7-12)13(16)19-14(2,3)4/h10-12H,5-9H2,1-4H3/t10-,11+,12?. The second kappa shape index (κ2) is 5.76. The van der Waals surface area contributed by atoms with Crippen LogP contribution in [-0.4, -0.2) is 50.0 Å². The highest BCUT2D eigenvalue weighted by Gasteiger charge is 2.44. The van der Waals surface area contributed by atoms with Crippen LogP contribution in [-0.2, 0) is 19.0 Å². The van der Waals surface area contributed by atoms with E-state index in [2.05, 4.69) is 0 Å². The fraction of sp³-hybridized carbons (Fsp3) is 0.929. The van der Waals surface area contributed by atoms with Crippen molar-refractivity contribution in [3.63, 3.8) is 0 Å². The maximum Gasteiger partial charge on any atom is 0.410 e. The molecule has 0 bridgehead atoms. The van der Waals surface area contributed by atoms with Crippen molar-refractivity contribution in [2.75, 3.05) is 18.8 Å². The molecule has 1 saturated carbocycles. The van der Waals surface area contributed by atoms with Crippen molar-refractivity contribution < 1.29 is 22.1 Å². The fourth-order valence-electron chi connectivity index (χ4n) is 3.07. The summed E-state index contributed by atoms with van der Waals surface area (Å²) in [6, 6.07) is 0. The summed E-state index contributed by atoms with van der Waals surface area (Å²) in [5.74, 6) is 0.632. The van der Waals surface area contributed by atoms with Crippen LogP contribution in [0, 0.1) is 11.8 Å². The van der Waals surface area contributed by atoms with Gasteiger partial charge in [0.05, 0.1) is 11.9 Å². The first-order valence-corrected chi connectivity index (χ1v) is 9.06. The van der Waals surface area contributed by atoms with Gasteiger partial charge in [-0.25, -0.2) is 4.79 Å². The Morgan fingerprint density at radius 3 is 2.14 bits per heavy atom. The van der Waals surface area contributed by atoms with Gasteiger partial charge in [0.15, 0.2) is 0 Å². The molecule has 0 aromatic heterocycles. The largest absolute Gasteiger partial charge is 0.444 e. The molecule has 0 radical (unpaired) electrons. The Labute approximate surface area is 126 Å². The van der Waals surface area contributed by atoms with Crippen molar-refractivity contribution in [3.05, 3.63) is 0 Å². The molecule has 1 aliphatic carbocycles. The first-order valence-electron chi connectivity index (χ1n) is 7.48. The fourth-order valence-corrected chi connectivity index (χ4v) is 3.78. The molecule has 3 atom stereocenters. The van der Waals surface area contributed by atoms with E-state index in [1.165, 1.54) is 0 Å². The molecule has 2 rings (SSSR count). The maximum atomic E-state index is 12.0. The van der Waals surface area contributed by atoms with Gasteiger partial charge in [-0.05, 0) is 52.4 Å². The number of hydrogen-bond donors (Lipinski definition) is 0. The maximum absolute atomic E-state index is 12.0. The van der Waals surface area contributed by atoms with Gasteiger partial charge in [0, 0.05) is 13.1 Å². The Hall–Kier alpha value is -0.820.